The molecule has 0 aliphatic heterocycles. The van der Waals surface area contributed by atoms with Crippen molar-refractivity contribution in [2.45, 2.75) is 6.42 Å². The predicted molar refractivity (Wildman–Crippen MR) is 111 cm³/mol. The molecule has 158 valence electrons. The summed E-state index contributed by atoms with van der Waals surface area (Å²) in [6, 6.07) is 12.9. The number of halogens is 1. The number of carbonyl (C=O) groups is 1. The van der Waals surface area contributed by atoms with Crippen LogP contribution in [0.25, 0.3) is 16.8 Å². The second-order valence-corrected chi connectivity index (χ2v) is 6.60. The first kappa shape index (κ1) is 20.1. The van der Waals surface area contributed by atoms with E-state index >= 15 is 0 Å². The Morgan fingerprint density at radius 2 is 1.90 bits per heavy atom. The average molecular weight is 423 g/mol. The molecule has 0 radical (unpaired) electrons. The highest BCUT2D eigenvalue weighted by molar-refractivity contribution is 5.92. The maximum absolute atomic E-state index is 13.8. The summed E-state index contributed by atoms with van der Waals surface area (Å²) in [5.41, 5.74) is 1.39. The van der Waals surface area contributed by atoms with Crippen LogP contribution < -0.4 is 20.3 Å². The maximum atomic E-state index is 13.8. The molecule has 0 saturated carbocycles. The molecular formula is C21H18FN5O4. The van der Waals surface area contributed by atoms with E-state index in [1.807, 2.05) is 12.1 Å². The summed E-state index contributed by atoms with van der Waals surface area (Å²) in [6.45, 7) is 0. The summed E-state index contributed by atoms with van der Waals surface area (Å²) < 4.78 is 25.2. The van der Waals surface area contributed by atoms with Gasteiger partial charge in [-0.1, -0.05) is 0 Å². The van der Waals surface area contributed by atoms with Gasteiger partial charge in [0.05, 0.1) is 26.3 Å². The molecule has 0 saturated heterocycles. The van der Waals surface area contributed by atoms with Crippen molar-refractivity contribution in [1.82, 2.24) is 19.8 Å². The summed E-state index contributed by atoms with van der Waals surface area (Å²) in [7, 11) is 2.93. The molecule has 2 heterocycles. The van der Waals surface area contributed by atoms with Gasteiger partial charge in [0.2, 0.25) is 5.91 Å². The van der Waals surface area contributed by atoms with E-state index in [1.165, 1.54) is 23.8 Å². The molecule has 0 aliphatic rings. The van der Waals surface area contributed by atoms with Gasteiger partial charge in [0.15, 0.2) is 17.4 Å². The van der Waals surface area contributed by atoms with Crippen molar-refractivity contribution >= 4 is 17.1 Å². The lowest BCUT2D eigenvalue weighted by atomic mass is 10.1. The third-order valence-electron chi connectivity index (χ3n) is 4.61. The Morgan fingerprint density at radius 3 is 2.58 bits per heavy atom. The average Bonchev–Trinajstić information content (AvgIpc) is 3.23. The van der Waals surface area contributed by atoms with Crippen LogP contribution in [0.4, 0.5) is 10.1 Å². The van der Waals surface area contributed by atoms with Gasteiger partial charge in [0.25, 0.3) is 5.56 Å². The van der Waals surface area contributed by atoms with Gasteiger partial charge in [0.1, 0.15) is 11.3 Å². The van der Waals surface area contributed by atoms with Crippen molar-refractivity contribution in [2.75, 3.05) is 19.5 Å². The van der Waals surface area contributed by atoms with Crippen LogP contribution >= 0.6 is 0 Å². The van der Waals surface area contributed by atoms with Gasteiger partial charge < -0.3 is 14.8 Å². The number of aromatic nitrogens is 4. The zero-order valence-electron chi connectivity index (χ0n) is 16.7. The SMILES string of the molecule is COc1ccc(-c2cc3c(=O)[nH]nc(CC(=O)Nc4ccc(OC)c(F)c4)n3n2)cc1. The second kappa shape index (κ2) is 8.27. The number of aromatic amines is 1. The molecule has 4 aromatic rings. The van der Waals surface area contributed by atoms with E-state index in [0.717, 1.165) is 11.6 Å². The minimum absolute atomic E-state index is 0.0737. The van der Waals surface area contributed by atoms with Crippen LogP contribution in [-0.4, -0.2) is 39.9 Å². The molecule has 0 spiro atoms. The molecular weight excluding hydrogens is 405 g/mol. The van der Waals surface area contributed by atoms with E-state index < -0.39 is 17.3 Å². The molecule has 0 atom stereocenters. The van der Waals surface area contributed by atoms with Crippen LogP contribution in [0.3, 0.4) is 0 Å². The lowest BCUT2D eigenvalue weighted by molar-refractivity contribution is -0.115. The van der Waals surface area contributed by atoms with Crippen molar-refractivity contribution in [3.05, 3.63) is 70.5 Å². The maximum Gasteiger partial charge on any atom is 0.290 e. The predicted octanol–water partition coefficient (Wildman–Crippen LogP) is 2.42. The molecule has 1 amide bonds. The van der Waals surface area contributed by atoms with Crippen LogP contribution in [0.1, 0.15) is 5.82 Å². The summed E-state index contributed by atoms with van der Waals surface area (Å²) >= 11 is 0. The van der Waals surface area contributed by atoms with E-state index in [1.54, 1.807) is 25.3 Å². The summed E-state index contributed by atoms with van der Waals surface area (Å²) in [5.74, 6) is -0.0576. The molecule has 0 unspecified atom stereocenters. The largest absolute Gasteiger partial charge is 0.497 e. The Morgan fingerprint density at radius 1 is 1.13 bits per heavy atom. The van der Waals surface area contributed by atoms with Crippen LogP contribution in [-0.2, 0) is 11.2 Å². The molecule has 2 aromatic carbocycles. The van der Waals surface area contributed by atoms with Gasteiger partial charge >= 0.3 is 0 Å². The number of benzene rings is 2. The lowest BCUT2D eigenvalue weighted by Crippen LogP contribution is -2.22. The topological polar surface area (TPSA) is 111 Å². The Bertz CT molecular complexity index is 1310. The summed E-state index contributed by atoms with van der Waals surface area (Å²) in [6.07, 6.45) is -0.190. The highest BCUT2D eigenvalue weighted by atomic mass is 19.1. The van der Waals surface area contributed by atoms with E-state index in [9.17, 15) is 14.0 Å². The van der Waals surface area contributed by atoms with Crippen molar-refractivity contribution in [1.29, 1.82) is 0 Å². The molecule has 10 heteroatoms. The van der Waals surface area contributed by atoms with Crippen LogP contribution in [0.2, 0.25) is 0 Å². The number of rotatable bonds is 6. The Balaban J connectivity index is 1.60. The van der Waals surface area contributed by atoms with Gasteiger partial charge in [-0.05, 0) is 42.5 Å². The first-order chi connectivity index (χ1) is 15.0. The Labute approximate surface area is 175 Å². The van der Waals surface area contributed by atoms with Gasteiger partial charge in [-0.25, -0.2) is 14.0 Å². The number of carbonyl (C=O) groups excluding carboxylic acids is 1. The number of hydrogen-bond acceptors (Lipinski definition) is 6. The molecule has 0 fully saturated rings. The standard InChI is InChI=1S/C21H18FN5O4/c1-30-14-6-3-12(4-7-14)16-10-17-21(29)25-24-19(27(17)26-16)11-20(28)23-13-5-8-18(31-2)15(22)9-13/h3-10H,11H2,1-2H3,(H,23,28)(H,25,29). The first-order valence-electron chi connectivity index (χ1n) is 9.23. The Kier molecular flexibility index (Phi) is 5.35. The quantitative estimate of drug-likeness (QED) is 0.493. The minimum atomic E-state index is -0.596. The molecule has 9 nitrogen and oxygen atoms in total. The van der Waals surface area contributed by atoms with E-state index in [0.29, 0.717) is 11.4 Å². The first-order valence-corrected chi connectivity index (χ1v) is 9.23. The van der Waals surface area contributed by atoms with E-state index in [-0.39, 0.29) is 29.2 Å². The zero-order valence-corrected chi connectivity index (χ0v) is 16.7. The van der Waals surface area contributed by atoms with E-state index in [2.05, 4.69) is 20.6 Å². The number of methoxy groups -OCH3 is 2. The molecule has 0 aliphatic carbocycles. The molecule has 2 aromatic heterocycles. The third-order valence-corrected chi connectivity index (χ3v) is 4.61. The number of fused-ring (bicyclic) bond motifs is 1. The van der Waals surface area contributed by atoms with Gasteiger partial charge in [-0.2, -0.15) is 10.2 Å². The number of H-pyrrole nitrogens is 1. The van der Waals surface area contributed by atoms with Gasteiger partial charge in [-0.15, -0.1) is 0 Å². The molecule has 2 N–H and O–H groups in total. The second-order valence-electron chi connectivity index (χ2n) is 6.60. The minimum Gasteiger partial charge on any atom is -0.497 e. The fourth-order valence-corrected chi connectivity index (χ4v) is 3.07. The molecule has 0 bridgehead atoms. The fraction of sp³-hybridized carbons (Fsp3) is 0.143. The molecule has 4 rings (SSSR count). The van der Waals surface area contributed by atoms with E-state index in [4.69, 9.17) is 9.47 Å². The Hall–Kier alpha value is -4.21. The van der Waals surface area contributed by atoms with Crippen molar-refractivity contribution in [3.8, 4) is 22.8 Å². The van der Waals surface area contributed by atoms with Crippen molar-refractivity contribution in [2.24, 2.45) is 0 Å². The third kappa shape index (κ3) is 4.08. The smallest absolute Gasteiger partial charge is 0.290 e. The molecule has 31 heavy (non-hydrogen) atoms. The number of amides is 1. The fourth-order valence-electron chi connectivity index (χ4n) is 3.07. The highest BCUT2D eigenvalue weighted by Crippen LogP contribution is 2.23. The van der Waals surface area contributed by atoms with Gasteiger partial charge in [0, 0.05) is 17.3 Å². The van der Waals surface area contributed by atoms with Gasteiger partial charge in [-0.3, -0.25) is 9.59 Å². The zero-order chi connectivity index (χ0) is 22.0. The normalized spacial score (nSPS) is 10.8. The highest BCUT2D eigenvalue weighted by Gasteiger charge is 2.15. The number of nitrogens with one attached hydrogen (secondary N) is 2. The van der Waals surface area contributed by atoms with Crippen molar-refractivity contribution in [3.63, 3.8) is 0 Å². The summed E-state index contributed by atoms with van der Waals surface area (Å²) in [5, 5.41) is 13.4. The number of hydrogen-bond donors (Lipinski definition) is 2. The number of anilines is 1. The monoisotopic (exact) mass is 423 g/mol. The lowest BCUT2D eigenvalue weighted by Gasteiger charge is -2.07. The van der Waals surface area contributed by atoms with Crippen LogP contribution in [0.15, 0.2) is 53.3 Å². The van der Waals surface area contributed by atoms with Crippen LogP contribution in [0.5, 0.6) is 11.5 Å². The number of nitrogens with zero attached hydrogens (tertiary/aromatic N) is 3. The summed E-state index contributed by atoms with van der Waals surface area (Å²) in [4.78, 5) is 24.7. The van der Waals surface area contributed by atoms with Crippen LogP contribution in [0, 0.1) is 5.82 Å². The van der Waals surface area contributed by atoms with Crippen molar-refractivity contribution < 1.29 is 18.7 Å². The number of ether oxygens (including phenoxy) is 2.